The molecule has 1 amide bonds. The number of nitrogens with zero attached hydrogens (tertiary/aromatic N) is 1. The molecule has 11 heteroatoms. The molecule has 0 aliphatic rings. The number of anilines is 1. The minimum atomic E-state index is -3.64. The van der Waals surface area contributed by atoms with Gasteiger partial charge in [0, 0.05) is 0 Å². The number of hydrogen-bond donors (Lipinski definition) is 2. The Labute approximate surface area is 171 Å². The molecule has 0 spiro atoms. The molecule has 0 aliphatic heterocycles. The van der Waals surface area contributed by atoms with Crippen molar-refractivity contribution >= 4 is 71.8 Å². The first-order valence-corrected chi connectivity index (χ1v) is 11.3. The summed E-state index contributed by atoms with van der Waals surface area (Å²) in [5.41, 5.74) is 1.25. The van der Waals surface area contributed by atoms with Crippen molar-refractivity contribution in [2.75, 3.05) is 12.4 Å². The van der Waals surface area contributed by atoms with Gasteiger partial charge in [0.15, 0.2) is 0 Å². The Morgan fingerprint density at radius 2 is 2.00 bits per heavy atom. The summed E-state index contributed by atoms with van der Waals surface area (Å²) in [7, 11) is -2.32. The second-order valence-electron chi connectivity index (χ2n) is 4.95. The predicted molar refractivity (Wildman–Crippen MR) is 109 cm³/mol. The topological polar surface area (TPSA) is 88.2 Å². The van der Waals surface area contributed by atoms with Crippen molar-refractivity contribution in [2.45, 2.75) is 4.90 Å². The maximum Gasteiger partial charge on any atom is 0.265 e. The van der Waals surface area contributed by atoms with E-state index in [1.807, 2.05) is 6.07 Å². The summed E-state index contributed by atoms with van der Waals surface area (Å²) in [6, 6.07) is 8.50. The second-order valence-corrected chi connectivity index (χ2v) is 10.9. The van der Waals surface area contributed by atoms with Crippen molar-refractivity contribution in [3.63, 3.8) is 0 Å². The number of thiophene rings is 2. The van der Waals surface area contributed by atoms with Crippen LogP contribution in [0.3, 0.4) is 0 Å². The standard InChI is InChI=1S/C15H11BrClN3O3S3/c1-18-26(22,23)12-6-11(25-14(12)16)15(21)20-8-2-3-9(19-7-8)10-4-5-13(17)24-10/h2-7,18H,1H3,(H,20,21). The molecular weight excluding hydrogens is 482 g/mol. The maximum absolute atomic E-state index is 12.4. The Balaban J connectivity index is 1.77. The number of rotatable bonds is 5. The largest absolute Gasteiger partial charge is 0.320 e. The van der Waals surface area contributed by atoms with E-state index in [0.29, 0.717) is 13.8 Å². The van der Waals surface area contributed by atoms with Crippen LogP contribution in [0.5, 0.6) is 0 Å². The number of carbonyl (C=O) groups excluding carboxylic acids is 1. The van der Waals surface area contributed by atoms with Crippen molar-refractivity contribution in [1.82, 2.24) is 9.71 Å². The van der Waals surface area contributed by atoms with E-state index >= 15 is 0 Å². The van der Waals surface area contributed by atoms with Gasteiger partial charge in [-0.1, -0.05) is 11.6 Å². The Morgan fingerprint density at radius 1 is 1.23 bits per heavy atom. The minimum absolute atomic E-state index is 0.0261. The lowest BCUT2D eigenvalue weighted by Gasteiger charge is -2.04. The van der Waals surface area contributed by atoms with Crippen molar-refractivity contribution in [1.29, 1.82) is 0 Å². The summed E-state index contributed by atoms with van der Waals surface area (Å²) in [6.45, 7) is 0. The summed E-state index contributed by atoms with van der Waals surface area (Å²) in [4.78, 5) is 17.9. The summed E-state index contributed by atoms with van der Waals surface area (Å²) >= 11 is 11.6. The van der Waals surface area contributed by atoms with Gasteiger partial charge in [-0.15, -0.1) is 22.7 Å². The number of aromatic nitrogens is 1. The normalized spacial score (nSPS) is 11.5. The molecule has 26 heavy (non-hydrogen) atoms. The highest BCUT2D eigenvalue weighted by molar-refractivity contribution is 9.11. The van der Waals surface area contributed by atoms with Crippen molar-refractivity contribution in [3.05, 3.63) is 49.5 Å². The fourth-order valence-corrected chi connectivity index (χ4v) is 6.22. The zero-order valence-corrected chi connectivity index (χ0v) is 17.9. The molecule has 3 rings (SSSR count). The first-order valence-electron chi connectivity index (χ1n) is 7.06. The lowest BCUT2D eigenvalue weighted by molar-refractivity contribution is 0.103. The smallest absolute Gasteiger partial charge is 0.265 e. The lowest BCUT2D eigenvalue weighted by Crippen LogP contribution is -2.18. The minimum Gasteiger partial charge on any atom is -0.320 e. The van der Waals surface area contributed by atoms with Gasteiger partial charge in [0.05, 0.1) is 35.5 Å². The average Bonchev–Trinajstić information content (AvgIpc) is 3.22. The van der Waals surface area contributed by atoms with Crippen molar-refractivity contribution in [3.8, 4) is 10.6 Å². The monoisotopic (exact) mass is 491 g/mol. The van der Waals surface area contributed by atoms with Gasteiger partial charge < -0.3 is 5.32 Å². The maximum atomic E-state index is 12.4. The van der Waals surface area contributed by atoms with Crippen LogP contribution in [-0.4, -0.2) is 26.4 Å². The Kier molecular flexibility index (Phi) is 5.80. The fourth-order valence-electron chi connectivity index (χ4n) is 2.02. The van der Waals surface area contributed by atoms with Crippen LogP contribution < -0.4 is 10.0 Å². The van der Waals surface area contributed by atoms with Gasteiger partial charge in [0.2, 0.25) is 10.0 Å². The van der Waals surface area contributed by atoms with Gasteiger partial charge >= 0.3 is 0 Å². The van der Waals surface area contributed by atoms with Crippen LogP contribution in [0.4, 0.5) is 5.69 Å². The Morgan fingerprint density at radius 3 is 2.58 bits per heavy atom. The third-order valence-electron chi connectivity index (χ3n) is 3.28. The Bertz CT molecular complexity index is 1060. The highest BCUT2D eigenvalue weighted by Crippen LogP contribution is 2.32. The van der Waals surface area contributed by atoms with Crippen LogP contribution in [0.2, 0.25) is 4.34 Å². The van der Waals surface area contributed by atoms with Gasteiger partial charge in [-0.2, -0.15) is 0 Å². The number of sulfonamides is 1. The van der Waals surface area contributed by atoms with E-state index < -0.39 is 15.9 Å². The van der Waals surface area contributed by atoms with Crippen LogP contribution in [-0.2, 0) is 10.0 Å². The average molecular weight is 493 g/mol. The van der Waals surface area contributed by atoms with Crippen LogP contribution in [0.25, 0.3) is 10.6 Å². The highest BCUT2D eigenvalue weighted by atomic mass is 79.9. The molecule has 0 saturated heterocycles. The molecule has 0 fully saturated rings. The van der Waals surface area contributed by atoms with Gasteiger partial charge in [0.1, 0.15) is 4.90 Å². The quantitative estimate of drug-likeness (QED) is 0.551. The molecule has 6 nitrogen and oxygen atoms in total. The van der Waals surface area contributed by atoms with E-state index in [2.05, 4.69) is 31.0 Å². The number of hydrogen-bond acceptors (Lipinski definition) is 6. The number of amides is 1. The van der Waals surface area contributed by atoms with E-state index in [0.717, 1.165) is 21.9 Å². The fraction of sp³-hybridized carbons (Fsp3) is 0.0667. The van der Waals surface area contributed by atoms with Crippen LogP contribution >= 0.6 is 50.2 Å². The SMILES string of the molecule is CNS(=O)(=O)c1cc(C(=O)Nc2ccc(-c3ccc(Cl)s3)nc2)sc1Br. The molecule has 3 aromatic heterocycles. The highest BCUT2D eigenvalue weighted by Gasteiger charge is 2.22. The van der Waals surface area contributed by atoms with Crippen LogP contribution in [0.15, 0.2) is 45.2 Å². The molecule has 0 atom stereocenters. The summed E-state index contributed by atoms with van der Waals surface area (Å²) in [5.74, 6) is -0.415. The van der Waals surface area contributed by atoms with Gasteiger partial charge in [-0.05, 0) is 53.3 Å². The lowest BCUT2D eigenvalue weighted by atomic mass is 10.3. The number of halogens is 2. The molecule has 2 N–H and O–H groups in total. The first-order chi connectivity index (χ1) is 12.3. The molecule has 0 saturated carbocycles. The van der Waals surface area contributed by atoms with E-state index in [4.69, 9.17) is 11.6 Å². The molecule has 3 heterocycles. The molecule has 0 radical (unpaired) electrons. The van der Waals surface area contributed by atoms with Gasteiger partial charge in [-0.25, -0.2) is 13.1 Å². The third-order valence-corrected chi connectivity index (χ3v) is 8.20. The molecule has 0 aromatic carbocycles. The van der Waals surface area contributed by atoms with Crippen LogP contribution in [0.1, 0.15) is 9.67 Å². The molecule has 0 unspecified atom stereocenters. The zero-order valence-electron chi connectivity index (χ0n) is 13.1. The van der Waals surface area contributed by atoms with Crippen molar-refractivity contribution < 1.29 is 13.2 Å². The summed E-state index contributed by atoms with van der Waals surface area (Å²) in [5, 5.41) is 2.70. The molecule has 0 bridgehead atoms. The Hall–Kier alpha value is -1.30. The zero-order chi connectivity index (χ0) is 18.9. The summed E-state index contributed by atoms with van der Waals surface area (Å²) in [6.07, 6.45) is 1.54. The number of nitrogens with one attached hydrogen (secondary N) is 2. The van der Waals surface area contributed by atoms with E-state index in [1.54, 1.807) is 18.2 Å². The first kappa shape index (κ1) is 19.5. The van der Waals surface area contributed by atoms with Crippen molar-refractivity contribution in [2.24, 2.45) is 0 Å². The molecule has 3 aromatic rings. The van der Waals surface area contributed by atoms with E-state index in [-0.39, 0.29) is 9.77 Å². The van der Waals surface area contributed by atoms with Gasteiger partial charge in [-0.3, -0.25) is 9.78 Å². The number of carbonyl (C=O) groups is 1. The molecule has 136 valence electrons. The van der Waals surface area contributed by atoms with Gasteiger partial charge in [0.25, 0.3) is 5.91 Å². The van der Waals surface area contributed by atoms with E-state index in [1.165, 1.54) is 30.6 Å². The molecular formula is C15H11BrClN3O3S3. The predicted octanol–water partition coefficient (Wildman–Crippen LogP) is 4.45. The molecule has 0 aliphatic carbocycles. The van der Waals surface area contributed by atoms with Crippen LogP contribution in [0, 0.1) is 0 Å². The number of pyridine rings is 1. The van der Waals surface area contributed by atoms with E-state index in [9.17, 15) is 13.2 Å². The summed E-state index contributed by atoms with van der Waals surface area (Å²) < 4.78 is 27.1. The second kappa shape index (κ2) is 7.75. The third kappa shape index (κ3) is 4.16.